The maximum atomic E-state index is 14.2. The van der Waals surface area contributed by atoms with Crippen LogP contribution in [0.5, 0.6) is 0 Å². The van der Waals surface area contributed by atoms with E-state index in [1.54, 1.807) is 25.7 Å². The minimum Gasteiger partial charge on any atom is -0.756 e. The molecule has 3 amide bonds. The quantitative estimate of drug-likeness (QED) is 0.0282. The second kappa shape index (κ2) is 59.8. The van der Waals surface area contributed by atoms with Gasteiger partial charge in [0, 0.05) is 153 Å². The zero-order chi connectivity index (χ0) is 85.3. The first kappa shape index (κ1) is 104. The summed E-state index contributed by atoms with van der Waals surface area (Å²) in [6.07, 6.45) is 5.33. The first-order valence-corrected chi connectivity index (χ1v) is 44.4. The summed E-state index contributed by atoms with van der Waals surface area (Å²) in [6.45, 7) is 7.25. The molecule has 34 heteroatoms. The lowest BCUT2D eigenvalue weighted by molar-refractivity contribution is -0.282. The molecule has 18 unspecified atom stereocenters. The second-order valence-corrected chi connectivity index (χ2v) is 33.9. The maximum absolute atomic E-state index is 14.2. The number of carbonyl (C=O) groups excluding carboxylic acids is 8. The number of ketones is 5. The Labute approximate surface area is 686 Å². The van der Waals surface area contributed by atoms with Crippen LogP contribution in [0.3, 0.4) is 0 Å². The summed E-state index contributed by atoms with van der Waals surface area (Å²) in [5.41, 5.74) is -1.10. The molecule has 0 aromatic carbocycles. The molecule has 33 nitrogen and oxygen atoms in total. The molecule has 4 aliphatic heterocycles. The molecule has 4 saturated heterocycles. The Morgan fingerprint density at radius 2 is 0.750 bits per heavy atom. The Bertz CT molecular complexity index is 2600. The predicted molar refractivity (Wildman–Crippen MR) is 421 cm³/mol. The van der Waals surface area contributed by atoms with Gasteiger partial charge >= 0.3 is 0 Å². The van der Waals surface area contributed by atoms with Crippen molar-refractivity contribution in [2.45, 2.75) is 332 Å². The molecule has 0 bridgehead atoms. The summed E-state index contributed by atoms with van der Waals surface area (Å²) in [6, 6.07) is -0.337. The number of hydrogen-bond acceptors (Lipinski definition) is 30. The third-order valence-electron chi connectivity index (χ3n) is 22.2. The van der Waals surface area contributed by atoms with Gasteiger partial charge < -0.3 is 118 Å². The highest BCUT2D eigenvalue weighted by Gasteiger charge is 2.45. The molecule has 0 aromatic heterocycles. The van der Waals surface area contributed by atoms with Gasteiger partial charge in [-0.25, -0.2) is 0 Å². The van der Waals surface area contributed by atoms with Crippen molar-refractivity contribution in [2.75, 3.05) is 113 Å². The molecule has 0 saturated carbocycles. The van der Waals surface area contributed by atoms with E-state index in [0.717, 1.165) is 45.6 Å². The number of hydrogen-bond donors (Lipinski definition) is 11. The Morgan fingerprint density at radius 1 is 0.422 bits per heavy atom. The summed E-state index contributed by atoms with van der Waals surface area (Å²) in [5.74, 6) is -1.82. The van der Waals surface area contributed by atoms with Crippen molar-refractivity contribution in [2.24, 2.45) is 29.1 Å². The smallest absolute Gasteiger partial charge is 0.267 e. The van der Waals surface area contributed by atoms with Gasteiger partial charge in [-0.15, -0.1) is 0 Å². The zero-order valence-electron chi connectivity index (χ0n) is 69.9. The molecule has 4 fully saturated rings. The van der Waals surface area contributed by atoms with E-state index >= 15 is 0 Å². The van der Waals surface area contributed by atoms with Gasteiger partial charge in [-0.05, 0) is 95.8 Å². The number of rotatable bonds is 69. The number of aliphatic hydroxyl groups is 9. The molecule has 11 N–H and O–H groups in total. The first-order chi connectivity index (χ1) is 55.6. The Kier molecular flexibility index (Phi) is 53.9. The monoisotopic (exact) mass is 1680 g/mol. The number of phosphoric acid groups is 1. The van der Waals surface area contributed by atoms with E-state index in [2.05, 4.69) is 15.2 Å². The van der Waals surface area contributed by atoms with Crippen molar-refractivity contribution in [3.8, 4) is 0 Å². The molecule has 4 heterocycles. The third-order valence-corrected chi connectivity index (χ3v) is 23.2. The van der Waals surface area contributed by atoms with E-state index in [-0.39, 0.29) is 183 Å². The van der Waals surface area contributed by atoms with Gasteiger partial charge in [-0.3, -0.25) is 42.9 Å². The minimum absolute atomic E-state index is 0.0269. The van der Waals surface area contributed by atoms with E-state index in [1.165, 1.54) is 0 Å². The maximum Gasteiger partial charge on any atom is 0.267 e. The fraction of sp³-hybridized carbons (Fsp3) is 0.902. The average Bonchev–Trinajstić information content (AvgIpc) is 1.41. The van der Waals surface area contributed by atoms with E-state index in [1.807, 2.05) is 6.92 Å². The lowest BCUT2D eigenvalue weighted by Gasteiger charge is -2.40. The van der Waals surface area contributed by atoms with Crippen molar-refractivity contribution in [3.05, 3.63) is 0 Å². The minimum atomic E-state index is -4.42. The number of nitrogens with zero attached hydrogens (tertiary/aromatic N) is 1. The molecule has 674 valence electrons. The predicted octanol–water partition coefficient (Wildman–Crippen LogP) is 5.01. The number of Topliss-reactive ketones (excluding diaryl/α,β-unsaturated/α-hetero) is 5. The van der Waals surface area contributed by atoms with E-state index in [9.17, 15) is 93.8 Å². The van der Waals surface area contributed by atoms with Gasteiger partial charge in [-0.2, -0.15) is 0 Å². The number of phosphoric ester groups is 1. The largest absolute Gasteiger partial charge is 0.756 e. The molecular formula is C82H145N3O30P-. The van der Waals surface area contributed by atoms with Crippen LogP contribution in [-0.2, 0) is 94.6 Å². The van der Waals surface area contributed by atoms with Crippen molar-refractivity contribution >= 4 is 54.5 Å². The van der Waals surface area contributed by atoms with Crippen LogP contribution in [0, 0.1) is 29.1 Å². The number of amides is 3. The van der Waals surface area contributed by atoms with Crippen LogP contribution >= 0.6 is 7.82 Å². The molecule has 0 spiro atoms. The second-order valence-electron chi connectivity index (χ2n) is 32.4. The number of likely N-dealkylation sites (tertiary alicyclic amines) is 1. The molecule has 0 aliphatic carbocycles. The van der Waals surface area contributed by atoms with E-state index in [0.29, 0.717) is 148 Å². The summed E-state index contributed by atoms with van der Waals surface area (Å²) in [7, 11) is -3.39. The lowest BCUT2D eigenvalue weighted by atomic mass is 9.83. The highest BCUT2D eigenvalue weighted by Crippen LogP contribution is 2.39. The summed E-state index contributed by atoms with van der Waals surface area (Å²) < 4.78 is 74.1. The summed E-state index contributed by atoms with van der Waals surface area (Å²) in [4.78, 5) is 119. The fourth-order valence-corrected chi connectivity index (χ4v) is 15.2. The van der Waals surface area contributed by atoms with Crippen molar-refractivity contribution in [3.63, 3.8) is 0 Å². The number of nitrogens with one attached hydrogen (secondary N) is 2. The first-order valence-electron chi connectivity index (χ1n) is 43.0. The molecule has 0 aromatic rings. The van der Waals surface area contributed by atoms with Crippen molar-refractivity contribution in [1.29, 1.82) is 0 Å². The normalized spacial score (nSPS) is 26.6. The van der Waals surface area contributed by atoms with Crippen LogP contribution in [0.4, 0.5) is 0 Å². The molecule has 18 atom stereocenters. The van der Waals surface area contributed by atoms with Crippen LogP contribution in [0.15, 0.2) is 0 Å². The lowest BCUT2D eigenvalue weighted by Crippen LogP contribution is -2.55. The van der Waals surface area contributed by atoms with Gasteiger partial charge in [0.15, 0.2) is 18.9 Å². The molecule has 4 rings (SSSR count). The van der Waals surface area contributed by atoms with E-state index < -0.39 is 125 Å². The van der Waals surface area contributed by atoms with Gasteiger partial charge in [0.2, 0.25) is 17.7 Å². The van der Waals surface area contributed by atoms with Crippen molar-refractivity contribution < 1.29 is 145 Å². The average molecular weight is 1680 g/mol. The summed E-state index contributed by atoms with van der Waals surface area (Å²) in [5, 5.41) is 95.5. The van der Waals surface area contributed by atoms with Gasteiger partial charge in [0.1, 0.15) is 65.5 Å². The molecule has 4 aliphatic rings. The van der Waals surface area contributed by atoms with Crippen LogP contribution in [0.1, 0.15) is 252 Å². The van der Waals surface area contributed by atoms with Gasteiger partial charge in [0.05, 0.1) is 90.4 Å². The standard InChI is InChI=1S/C82H146N3O30P/c1-57-47-61(53-112-116(103,104)105-5)85(49-57)72(96)35-19-11-9-7-6-8-10-14-33-66(93)48-82(54-106-44-36-64(91)29-17-12-15-27-62(89)31-20-23-41-109-79-58(2)73(97)76(100)67(50-86)113-79,55-107-45-37-65(92)30-18-13-16-28-63(90)32-21-24-42-110-80-59(3)74(98)77(101)68(51-87)114-80)56-108-46-38-71(95)84-40-26-39-83-70(94)34-22-25-43-111-81-60(4)75(99)78(102)69(52-88)115-81/h57-61,67-69,73-81,86-88,97-102H,6-56H2,1-5H3,(H,83,94)(H,84,95)(H,103,104)/p-1. The highest BCUT2D eigenvalue weighted by molar-refractivity contribution is 7.45. The molecule has 116 heavy (non-hydrogen) atoms. The zero-order valence-corrected chi connectivity index (χ0v) is 70.8. The highest BCUT2D eigenvalue weighted by atomic mass is 31.2. The van der Waals surface area contributed by atoms with Crippen LogP contribution in [0.2, 0.25) is 0 Å². The van der Waals surface area contributed by atoms with Gasteiger partial charge in [0.25, 0.3) is 7.82 Å². The Balaban J connectivity index is 1.28. The third kappa shape index (κ3) is 41.8. The van der Waals surface area contributed by atoms with Crippen LogP contribution < -0.4 is 15.5 Å². The number of aliphatic hydroxyl groups excluding tert-OH is 9. The number of unbranched alkanes of at least 4 members (excludes halogenated alkanes) is 14. The number of carbonyl (C=O) groups is 8. The van der Waals surface area contributed by atoms with E-state index in [4.69, 9.17) is 47.2 Å². The molecular weight excluding hydrogens is 1540 g/mol. The Morgan fingerprint density at radius 3 is 1.14 bits per heavy atom. The van der Waals surface area contributed by atoms with Crippen LogP contribution in [-0.4, -0.2) is 290 Å². The van der Waals surface area contributed by atoms with Crippen LogP contribution in [0.25, 0.3) is 0 Å². The fourth-order valence-electron chi connectivity index (χ4n) is 14.8. The van der Waals surface area contributed by atoms with Gasteiger partial charge in [-0.1, -0.05) is 79.1 Å². The Hall–Kier alpha value is -3.85. The molecule has 0 radical (unpaired) electrons. The SMILES string of the molecule is COP(=O)([O-])OCC1CC(C)CN1C(=O)CCCCCCCCCCC(=O)CC(COCCC(=O)CCCCCC(=O)CCCCOC1OC(CO)C(O)C(O)C1C)(COCCC(=O)CCCCCC(=O)CCCCOC1OC(CO)C(O)C(O)C1C)COCCC(=O)NCCCNC(=O)CCCCOC1OC(CO)C(O)C(O)C1C. The topological polar surface area (TPSA) is 488 Å². The summed E-state index contributed by atoms with van der Waals surface area (Å²) >= 11 is 0. The van der Waals surface area contributed by atoms with Crippen molar-refractivity contribution in [1.82, 2.24) is 15.5 Å². The number of ether oxygens (including phenoxy) is 9.